The lowest BCUT2D eigenvalue weighted by Gasteiger charge is -2.36. The van der Waals surface area contributed by atoms with Gasteiger partial charge in [0.1, 0.15) is 10.6 Å². The maximum atomic E-state index is 6.38. The summed E-state index contributed by atoms with van der Waals surface area (Å²) < 4.78 is 10.4. The first kappa shape index (κ1) is 9.81. The molecule has 0 bridgehead atoms. The molecule has 14 heavy (non-hydrogen) atoms. The predicted octanol–water partition coefficient (Wildman–Crippen LogP) is 2.47. The van der Waals surface area contributed by atoms with E-state index >= 15 is 0 Å². The number of hydrogen-bond donors (Lipinski definition) is 0. The number of halogens is 1. The SMILES string of the molecule is COc1ccc(C)cc1C1(Cl)COC1. The van der Waals surface area contributed by atoms with Crippen LogP contribution in [0.4, 0.5) is 0 Å². The second-order valence-electron chi connectivity index (χ2n) is 3.66. The molecule has 3 heteroatoms. The number of methoxy groups -OCH3 is 1. The molecular formula is C11H13ClO2. The van der Waals surface area contributed by atoms with Crippen molar-refractivity contribution in [2.75, 3.05) is 20.3 Å². The van der Waals surface area contributed by atoms with Crippen LogP contribution in [-0.2, 0) is 9.61 Å². The number of alkyl halides is 1. The number of benzene rings is 1. The largest absolute Gasteiger partial charge is 0.496 e. The molecule has 0 N–H and O–H groups in total. The van der Waals surface area contributed by atoms with E-state index in [9.17, 15) is 0 Å². The first-order chi connectivity index (χ1) is 6.65. The number of ether oxygens (including phenoxy) is 2. The first-order valence-electron chi connectivity index (χ1n) is 4.57. The molecule has 1 aromatic carbocycles. The van der Waals surface area contributed by atoms with E-state index in [1.165, 1.54) is 5.56 Å². The molecule has 0 radical (unpaired) electrons. The molecule has 0 atom stereocenters. The third-order valence-corrected chi connectivity index (χ3v) is 2.92. The molecule has 1 aliphatic rings. The zero-order valence-corrected chi connectivity index (χ0v) is 9.10. The van der Waals surface area contributed by atoms with Crippen molar-refractivity contribution in [2.24, 2.45) is 0 Å². The second-order valence-corrected chi connectivity index (χ2v) is 4.39. The van der Waals surface area contributed by atoms with Crippen molar-refractivity contribution < 1.29 is 9.47 Å². The van der Waals surface area contributed by atoms with Crippen molar-refractivity contribution >= 4 is 11.6 Å². The average molecular weight is 213 g/mol. The van der Waals surface area contributed by atoms with Crippen LogP contribution in [0.5, 0.6) is 5.75 Å². The zero-order chi connectivity index (χ0) is 10.2. The Kier molecular flexibility index (Phi) is 2.41. The standard InChI is InChI=1S/C11H13ClO2/c1-8-3-4-10(13-2)9(5-8)11(12)6-14-7-11/h3-5H,6-7H2,1-2H3. The molecule has 1 saturated heterocycles. The van der Waals surface area contributed by atoms with Gasteiger partial charge in [0.25, 0.3) is 0 Å². The van der Waals surface area contributed by atoms with E-state index in [0.29, 0.717) is 13.2 Å². The molecule has 1 fully saturated rings. The Bertz CT molecular complexity index is 345. The van der Waals surface area contributed by atoms with Crippen molar-refractivity contribution in [2.45, 2.75) is 11.8 Å². The fourth-order valence-electron chi connectivity index (χ4n) is 1.61. The van der Waals surface area contributed by atoms with E-state index in [1.807, 2.05) is 19.1 Å². The molecule has 1 heterocycles. The van der Waals surface area contributed by atoms with E-state index in [-0.39, 0.29) is 4.87 Å². The van der Waals surface area contributed by atoms with Gasteiger partial charge in [0.2, 0.25) is 0 Å². The van der Waals surface area contributed by atoms with E-state index in [1.54, 1.807) is 7.11 Å². The molecule has 1 aromatic rings. The maximum absolute atomic E-state index is 6.38. The number of rotatable bonds is 2. The van der Waals surface area contributed by atoms with Gasteiger partial charge in [0.05, 0.1) is 20.3 Å². The summed E-state index contributed by atoms with van der Waals surface area (Å²) in [5.41, 5.74) is 2.22. The van der Waals surface area contributed by atoms with Gasteiger partial charge in [-0.15, -0.1) is 11.6 Å². The lowest BCUT2D eigenvalue weighted by atomic mass is 9.94. The minimum Gasteiger partial charge on any atom is -0.496 e. The van der Waals surface area contributed by atoms with Gasteiger partial charge in [-0.2, -0.15) is 0 Å². The summed E-state index contributed by atoms with van der Waals surface area (Å²) in [6, 6.07) is 6.03. The minimum absolute atomic E-state index is 0.378. The summed E-state index contributed by atoms with van der Waals surface area (Å²) in [6.45, 7) is 3.17. The van der Waals surface area contributed by atoms with Gasteiger partial charge in [-0.3, -0.25) is 0 Å². The van der Waals surface area contributed by atoms with E-state index in [0.717, 1.165) is 11.3 Å². The van der Waals surface area contributed by atoms with Gasteiger partial charge in [-0.1, -0.05) is 17.7 Å². The van der Waals surface area contributed by atoms with Gasteiger partial charge < -0.3 is 9.47 Å². The van der Waals surface area contributed by atoms with Crippen LogP contribution in [0, 0.1) is 6.92 Å². The number of aryl methyl sites for hydroxylation is 1. The van der Waals surface area contributed by atoms with E-state index in [4.69, 9.17) is 21.1 Å². The van der Waals surface area contributed by atoms with Crippen LogP contribution in [0.2, 0.25) is 0 Å². The average Bonchev–Trinajstić information content (AvgIpc) is 2.14. The zero-order valence-electron chi connectivity index (χ0n) is 8.34. The van der Waals surface area contributed by atoms with E-state index < -0.39 is 0 Å². The van der Waals surface area contributed by atoms with Crippen LogP contribution >= 0.6 is 11.6 Å². The Morgan fingerprint density at radius 3 is 2.64 bits per heavy atom. The molecular weight excluding hydrogens is 200 g/mol. The van der Waals surface area contributed by atoms with Crippen molar-refractivity contribution in [1.82, 2.24) is 0 Å². The van der Waals surface area contributed by atoms with Gasteiger partial charge in [0.15, 0.2) is 0 Å². The minimum atomic E-state index is -0.378. The Labute approximate surface area is 88.8 Å². The Morgan fingerprint density at radius 2 is 2.14 bits per heavy atom. The lowest BCUT2D eigenvalue weighted by Crippen LogP contribution is -2.41. The molecule has 0 aromatic heterocycles. The summed E-state index contributed by atoms with van der Waals surface area (Å²) in [4.78, 5) is -0.378. The fraction of sp³-hybridized carbons (Fsp3) is 0.455. The lowest BCUT2D eigenvalue weighted by molar-refractivity contribution is -0.0161. The third-order valence-electron chi connectivity index (χ3n) is 2.50. The molecule has 1 aliphatic heterocycles. The van der Waals surface area contributed by atoms with Crippen LogP contribution < -0.4 is 4.74 Å². The Hall–Kier alpha value is -0.730. The molecule has 0 spiro atoms. The Balaban J connectivity index is 2.43. The van der Waals surface area contributed by atoms with Gasteiger partial charge >= 0.3 is 0 Å². The van der Waals surface area contributed by atoms with Crippen LogP contribution in [0.15, 0.2) is 18.2 Å². The van der Waals surface area contributed by atoms with E-state index in [2.05, 4.69) is 6.07 Å². The summed E-state index contributed by atoms with van der Waals surface area (Å²) in [6.07, 6.45) is 0. The van der Waals surface area contributed by atoms with Gasteiger partial charge in [0, 0.05) is 5.56 Å². The maximum Gasteiger partial charge on any atom is 0.124 e. The topological polar surface area (TPSA) is 18.5 Å². The summed E-state index contributed by atoms with van der Waals surface area (Å²) in [5.74, 6) is 0.842. The number of hydrogen-bond acceptors (Lipinski definition) is 2. The monoisotopic (exact) mass is 212 g/mol. The van der Waals surface area contributed by atoms with Crippen LogP contribution in [0.1, 0.15) is 11.1 Å². The molecule has 0 saturated carbocycles. The summed E-state index contributed by atoms with van der Waals surface area (Å²) in [5, 5.41) is 0. The molecule has 2 rings (SSSR count). The third kappa shape index (κ3) is 1.49. The van der Waals surface area contributed by atoms with Gasteiger partial charge in [-0.25, -0.2) is 0 Å². The Morgan fingerprint density at radius 1 is 1.43 bits per heavy atom. The fourth-order valence-corrected chi connectivity index (χ4v) is 1.91. The van der Waals surface area contributed by atoms with Crippen LogP contribution in [0.3, 0.4) is 0 Å². The van der Waals surface area contributed by atoms with Crippen molar-refractivity contribution in [3.63, 3.8) is 0 Å². The highest BCUT2D eigenvalue weighted by Gasteiger charge is 2.40. The molecule has 2 nitrogen and oxygen atoms in total. The first-order valence-corrected chi connectivity index (χ1v) is 4.95. The summed E-state index contributed by atoms with van der Waals surface area (Å²) in [7, 11) is 1.66. The van der Waals surface area contributed by atoms with Crippen LogP contribution in [-0.4, -0.2) is 20.3 Å². The van der Waals surface area contributed by atoms with Crippen molar-refractivity contribution in [1.29, 1.82) is 0 Å². The highest BCUT2D eigenvalue weighted by molar-refractivity contribution is 6.25. The molecule has 0 amide bonds. The smallest absolute Gasteiger partial charge is 0.124 e. The second kappa shape index (κ2) is 3.44. The summed E-state index contributed by atoms with van der Waals surface area (Å²) >= 11 is 6.38. The van der Waals surface area contributed by atoms with Gasteiger partial charge in [-0.05, 0) is 13.0 Å². The molecule has 76 valence electrons. The van der Waals surface area contributed by atoms with Crippen molar-refractivity contribution in [3.05, 3.63) is 29.3 Å². The van der Waals surface area contributed by atoms with Crippen LogP contribution in [0.25, 0.3) is 0 Å². The predicted molar refractivity (Wildman–Crippen MR) is 56.1 cm³/mol. The van der Waals surface area contributed by atoms with Crippen molar-refractivity contribution in [3.8, 4) is 5.75 Å². The highest BCUT2D eigenvalue weighted by Crippen LogP contribution is 2.41. The molecule has 0 aliphatic carbocycles. The molecule has 0 unspecified atom stereocenters. The quantitative estimate of drug-likeness (QED) is 0.702. The highest BCUT2D eigenvalue weighted by atomic mass is 35.5. The normalized spacial score (nSPS) is 18.8.